The van der Waals surface area contributed by atoms with Gasteiger partial charge in [-0.25, -0.2) is 5.43 Å². The third-order valence-corrected chi connectivity index (χ3v) is 2.14. The third-order valence-electron chi connectivity index (χ3n) is 2.14. The van der Waals surface area contributed by atoms with Crippen molar-refractivity contribution in [1.82, 2.24) is 5.43 Å². The molecule has 1 rings (SSSR count). The molecule has 1 aromatic carbocycles. The van der Waals surface area contributed by atoms with Crippen molar-refractivity contribution in [2.24, 2.45) is 11.0 Å². The number of carbonyl (C=O) groups is 1. The fourth-order valence-electron chi connectivity index (χ4n) is 1.28. The first-order chi connectivity index (χ1) is 8.09. The fourth-order valence-corrected chi connectivity index (χ4v) is 1.28. The highest BCUT2D eigenvalue weighted by molar-refractivity contribution is 5.81. The molecule has 0 saturated carbocycles. The number of nitrogens with one attached hydrogen (secondary N) is 1. The van der Waals surface area contributed by atoms with Crippen LogP contribution in [0.5, 0.6) is 0 Å². The Morgan fingerprint density at radius 1 is 1.41 bits per heavy atom. The van der Waals surface area contributed by atoms with Crippen molar-refractivity contribution in [1.29, 1.82) is 0 Å². The topological polar surface area (TPSA) is 44.7 Å². The molecule has 1 amide bonds. The molecule has 0 atom stereocenters. The van der Waals surface area contributed by atoms with Gasteiger partial charge in [-0.05, 0) is 18.1 Å². The third kappa shape index (κ3) is 5.15. The van der Waals surface area contributed by atoms with E-state index in [1.165, 1.54) is 0 Å². The summed E-state index contributed by atoms with van der Waals surface area (Å²) in [5.41, 5.74) is 3.51. The number of benzene rings is 1. The summed E-state index contributed by atoms with van der Waals surface area (Å²) in [6.07, 6.45) is 1.71. The molecule has 1 N–H and O–H groups in total. The predicted molar refractivity (Wildman–Crippen MR) is 71.2 cm³/mol. The highest BCUT2D eigenvalue weighted by Gasteiger charge is 2.05. The molecule has 0 radical (unpaired) electrons. The second-order valence-corrected chi connectivity index (χ2v) is 4.25. The number of nitrogens with zero attached hydrogens (tertiary/aromatic N) is 2. The highest BCUT2D eigenvalue weighted by atomic mass is 16.2. The first-order valence-electron chi connectivity index (χ1n) is 5.68. The summed E-state index contributed by atoms with van der Waals surface area (Å²) in [7, 11) is 1.88. The van der Waals surface area contributed by atoms with Gasteiger partial charge in [-0.2, -0.15) is 5.10 Å². The zero-order valence-electron chi connectivity index (χ0n) is 10.6. The van der Waals surface area contributed by atoms with Crippen molar-refractivity contribution < 1.29 is 4.79 Å². The quantitative estimate of drug-likeness (QED) is 0.623. The maximum Gasteiger partial charge on any atom is 0.259 e. The van der Waals surface area contributed by atoms with Crippen molar-refractivity contribution in [2.45, 2.75) is 13.8 Å². The Morgan fingerprint density at radius 2 is 2.06 bits per heavy atom. The van der Waals surface area contributed by atoms with Crippen LogP contribution in [-0.2, 0) is 4.79 Å². The van der Waals surface area contributed by atoms with Crippen molar-refractivity contribution in [2.75, 3.05) is 18.5 Å². The highest BCUT2D eigenvalue weighted by Crippen LogP contribution is 2.09. The maximum absolute atomic E-state index is 11.5. The van der Waals surface area contributed by atoms with E-state index in [2.05, 4.69) is 10.5 Å². The van der Waals surface area contributed by atoms with Crippen LogP contribution in [0.3, 0.4) is 0 Å². The van der Waals surface area contributed by atoms with Gasteiger partial charge in [0, 0.05) is 18.9 Å². The van der Waals surface area contributed by atoms with Gasteiger partial charge in [-0.3, -0.25) is 4.79 Å². The lowest BCUT2D eigenvalue weighted by Crippen LogP contribution is -2.32. The molecule has 4 heteroatoms. The second kappa shape index (κ2) is 6.68. The fraction of sp³-hybridized carbons (Fsp3) is 0.385. The van der Waals surface area contributed by atoms with E-state index in [1.54, 1.807) is 6.21 Å². The van der Waals surface area contributed by atoms with Gasteiger partial charge < -0.3 is 4.90 Å². The van der Waals surface area contributed by atoms with Crippen LogP contribution in [0.2, 0.25) is 0 Å². The van der Waals surface area contributed by atoms with Gasteiger partial charge in [0.2, 0.25) is 0 Å². The van der Waals surface area contributed by atoms with Crippen LogP contribution in [0.4, 0.5) is 5.69 Å². The molecule has 0 bridgehead atoms. The van der Waals surface area contributed by atoms with E-state index in [0.717, 1.165) is 5.69 Å². The van der Waals surface area contributed by atoms with Gasteiger partial charge in [0.1, 0.15) is 0 Å². The van der Waals surface area contributed by atoms with E-state index < -0.39 is 0 Å². The smallest absolute Gasteiger partial charge is 0.259 e. The lowest BCUT2D eigenvalue weighted by atomic mass is 10.3. The molecule has 4 nitrogen and oxygen atoms in total. The number of anilines is 1. The molecule has 0 saturated heterocycles. The minimum absolute atomic E-state index is 0.117. The van der Waals surface area contributed by atoms with Gasteiger partial charge in [0.25, 0.3) is 5.91 Å². The van der Waals surface area contributed by atoms with Gasteiger partial charge >= 0.3 is 0 Å². The van der Waals surface area contributed by atoms with Gasteiger partial charge in [-0.1, -0.05) is 32.0 Å². The average molecular weight is 233 g/mol. The Balaban J connectivity index is 2.41. The SMILES string of the molecule is CC(C)/C=N/NC(=O)CN(C)c1ccccc1. The maximum atomic E-state index is 11.5. The number of hydrazone groups is 1. The van der Waals surface area contributed by atoms with Crippen LogP contribution in [0.15, 0.2) is 35.4 Å². The first kappa shape index (κ1) is 13.2. The van der Waals surface area contributed by atoms with Crippen LogP contribution in [0.25, 0.3) is 0 Å². The number of hydrogen-bond acceptors (Lipinski definition) is 3. The number of hydrogen-bond donors (Lipinski definition) is 1. The molecular weight excluding hydrogens is 214 g/mol. The standard InChI is InChI=1S/C13H19N3O/c1-11(2)9-14-15-13(17)10-16(3)12-7-5-4-6-8-12/h4-9,11H,10H2,1-3H3,(H,15,17)/b14-9+. The van der Waals surface area contributed by atoms with Gasteiger partial charge in [-0.15, -0.1) is 0 Å². The molecule has 0 aromatic heterocycles. The van der Waals surface area contributed by atoms with E-state index in [0.29, 0.717) is 12.5 Å². The van der Waals surface area contributed by atoms with E-state index in [9.17, 15) is 4.79 Å². The van der Waals surface area contributed by atoms with Gasteiger partial charge in [0.15, 0.2) is 0 Å². The molecule has 0 heterocycles. The lowest BCUT2D eigenvalue weighted by molar-refractivity contribution is -0.119. The Kier molecular flexibility index (Phi) is 5.20. The Hall–Kier alpha value is -1.84. The van der Waals surface area contributed by atoms with Gasteiger partial charge in [0.05, 0.1) is 6.54 Å². The summed E-state index contributed by atoms with van der Waals surface area (Å²) in [4.78, 5) is 13.4. The molecule has 0 aliphatic heterocycles. The minimum Gasteiger partial charge on any atom is -0.365 e. The van der Waals surface area contributed by atoms with Crippen molar-refractivity contribution >= 4 is 17.8 Å². The number of carbonyl (C=O) groups excluding carboxylic acids is 1. The van der Waals surface area contributed by atoms with Crippen molar-refractivity contribution in [3.8, 4) is 0 Å². The molecule has 17 heavy (non-hydrogen) atoms. The monoisotopic (exact) mass is 233 g/mol. The van der Waals surface area contributed by atoms with Crippen LogP contribution < -0.4 is 10.3 Å². The van der Waals surface area contributed by atoms with Crippen LogP contribution >= 0.6 is 0 Å². The summed E-state index contributed by atoms with van der Waals surface area (Å²) in [6, 6.07) is 9.76. The summed E-state index contributed by atoms with van der Waals surface area (Å²) >= 11 is 0. The molecular formula is C13H19N3O. The van der Waals surface area contributed by atoms with Crippen molar-refractivity contribution in [3.05, 3.63) is 30.3 Å². The number of para-hydroxylation sites is 1. The Labute approximate surface area is 102 Å². The van der Waals surface area contributed by atoms with E-state index >= 15 is 0 Å². The molecule has 0 aliphatic carbocycles. The zero-order valence-corrected chi connectivity index (χ0v) is 10.6. The zero-order chi connectivity index (χ0) is 12.7. The largest absolute Gasteiger partial charge is 0.365 e. The summed E-state index contributed by atoms with van der Waals surface area (Å²) in [6.45, 7) is 4.30. The number of rotatable bonds is 5. The first-order valence-corrected chi connectivity index (χ1v) is 5.68. The second-order valence-electron chi connectivity index (χ2n) is 4.25. The molecule has 1 aromatic rings. The number of likely N-dealkylation sites (N-methyl/N-ethyl adjacent to an activating group) is 1. The van der Waals surface area contributed by atoms with Crippen molar-refractivity contribution in [3.63, 3.8) is 0 Å². The van der Waals surface area contributed by atoms with Crippen LogP contribution in [-0.4, -0.2) is 25.7 Å². The average Bonchev–Trinajstić information content (AvgIpc) is 2.29. The van der Waals surface area contributed by atoms with Crippen LogP contribution in [0.1, 0.15) is 13.8 Å². The Morgan fingerprint density at radius 3 is 2.65 bits per heavy atom. The number of amides is 1. The van der Waals surface area contributed by atoms with Crippen LogP contribution in [0, 0.1) is 5.92 Å². The molecule has 0 spiro atoms. The summed E-state index contributed by atoms with van der Waals surface area (Å²) in [5, 5.41) is 3.87. The summed E-state index contributed by atoms with van der Waals surface area (Å²) < 4.78 is 0. The molecule has 0 aliphatic rings. The Bertz CT molecular complexity index is 374. The molecule has 92 valence electrons. The van der Waals surface area contributed by atoms with E-state index in [1.807, 2.05) is 56.1 Å². The van der Waals surface area contributed by atoms with E-state index in [-0.39, 0.29) is 5.91 Å². The normalized spacial score (nSPS) is 10.8. The minimum atomic E-state index is -0.117. The lowest BCUT2D eigenvalue weighted by Gasteiger charge is -2.17. The molecule has 0 unspecified atom stereocenters. The summed E-state index contributed by atoms with van der Waals surface area (Å²) in [5.74, 6) is 0.218. The predicted octanol–water partition coefficient (Wildman–Crippen LogP) is 1.88. The molecule has 0 fully saturated rings. The van der Waals surface area contributed by atoms with E-state index in [4.69, 9.17) is 0 Å².